The number of thiazole rings is 1. The van der Waals surface area contributed by atoms with E-state index in [1.807, 2.05) is 5.38 Å². The lowest BCUT2D eigenvalue weighted by atomic mass is 10.1. The quantitative estimate of drug-likeness (QED) is 0.686. The average molecular weight is 383 g/mol. The third-order valence-electron chi connectivity index (χ3n) is 5.12. The normalized spacial score (nSPS) is 20.4. The Morgan fingerprint density at radius 2 is 1.81 bits per heavy atom. The number of hydrogen-bond acceptors (Lipinski definition) is 8. The van der Waals surface area contributed by atoms with Crippen molar-refractivity contribution in [3.05, 3.63) is 41.5 Å². The molecule has 2 aliphatic heterocycles. The third kappa shape index (κ3) is 3.42. The maximum absolute atomic E-state index is 5.44. The molecule has 0 bridgehead atoms. The molecule has 140 valence electrons. The zero-order chi connectivity index (χ0) is 18.1. The molecule has 7 nitrogen and oxygen atoms in total. The number of ether oxygens (including phenoxy) is 1. The predicted molar refractivity (Wildman–Crippen MR) is 104 cm³/mol. The minimum atomic E-state index is 0.242. The molecule has 0 unspecified atom stereocenters. The van der Waals surface area contributed by atoms with Gasteiger partial charge in [0.05, 0.1) is 6.61 Å². The van der Waals surface area contributed by atoms with Gasteiger partial charge in [-0.25, -0.2) is 4.98 Å². The molecular weight excluding hydrogens is 362 g/mol. The number of benzene rings is 1. The van der Waals surface area contributed by atoms with Crippen LogP contribution in [0, 0.1) is 0 Å². The van der Waals surface area contributed by atoms with Crippen LogP contribution >= 0.6 is 11.3 Å². The summed E-state index contributed by atoms with van der Waals surface area (Å²) in [5, 5.41) is 7.13. The maximum Gasteiger partial charge on any atom is 0.277 e. The molecule has 0 amide bonds. The summed E-state index contributed by atoms with van der Waals surface area (Å²) in [4.78, 5) is 14.0. The van der Waals surface area contributed by atoms with Gasteiger partial charge in [0.15, 0.2) is 11.0 Å². The molecule has 0 spiro atoms. The molecule has 8 heteroatoms. The van der Waals surface area contributed by atoms with E-state index in [1.54, 1.807) is 11.3 Å². The molecule has 0 saturated carbocycles. The largest absolute Gasteiger partial charge is 0.381 e. The van der Waals surface area contributed by atoms with Crippen LogP contribution in [0.15, 0.2) is 40.2 Å². The molecule has 4 heterocycles. The maximum atomic E-state index is 5.44. The van der Waals surface area contributed by atoms with E-state index in [2.05, 4.69) is 50.3 Å². The fraction of sp³-hybridized carbons (Fsp3) is 0.421. The highest BCUT2D eigenvalue weighted by molar-refractivity contribution is 7.14. The van der Waals surface area contributed by atoms with Crippen molar-refractivity contribution in [2.75, 3.05) is 49.2 Å². The van der Waals surface area contributed by atoms with E-state index in [0.717, 1.165) is 55.9 Å². The Morgan fingerprint density at radius 3 is 2.59 bits per heavy atom. The van der Waals surface area contributed by atoms with Crippen LogP contribution in [0.4, 0.5) is 10.8 Å². The molecule has 27 heavy (non-hydrogen) atoms. The lowest BCUT2D eigenvalue weighted by Crippen LogP contribution is -2.46. The van der Waals surface area contributed by atoms with E-state index in [-0.39, 0.29) is 5.92 Å². The third-order valence-corrected chi connectivity index (χ3v) is 6.02. The summed E-state index contributed by atoms with van der Waals surface area (Å²) in [6, 6.07) is 10.6. The molecule has 2 aromatic heterocycles. The average Bonchev–Trinajstić information content (AvgIpc) is 3.49. The van der Waals surface area contributed by atoms with Crippen molar-refractivity contribution in [2.24, 2.45) is 0 Å². The Hall–Kier alpha value is -2.45. The smallest absolute Gasteiger partial charge is 0.277 e. The van der Waals surface area contributed by atoms with E-state index < -0.39 is 0 Å². The number of anilines is 2. The minimum Gasteiger partial charge on any atom is -0.381 e. The van der Waals surface area contributed by atoms with E-state index in [4.69, 9.17) is 14.2 Å². The Labute approximate surface area is 161 Å². The molecule has 2 aliphatic rings. The number of aromatic nitrogens is 3. The van der Waals surface area contributed by atoms with Gasteiger partial charge < -0.3 is 19.1 Å². The lowest BCUT2D eigenvalue weighted by molar-refractivity contribution is 0.192. The van der Waals surface area contributed by atoms with Gasteiger partial charge in [0.1, 0.15) is 5.69 Å². The van der Waals surface area contributed by atoms with Crippen molar-refractivity contribution in [1.29, 1.82) is 0 Å². The first-order valence-electron chi connectivity index (χ1n) is 9.29. The predicted octanol–water partition coefficient (Wildman–Crippen LogP) is 3.02. The highest BCUT2D eigenvalue weighted by Crippen LogP contribution is 2.30. The molecule has 2 saturated heterocycles. The number of piperazine rings is 1. The number of rotatable bonds is 4. The molecule has 0 radical (unpaired) electrons. The summed E-state index contributed by atoms with van der Waals surface area (Å²) in [6.07, 6.45) is 0.951. The zero-order valence-corrected chi connectivity index (χ0v) is 15.8. The van der Waals surface area contributed by atoms with Crippen LogP contribution in [0.2, 0.25) is 0 Å². The van der Waals surface area contributed by atoms with Gasteiger partial charge in [-0.2, -0.15) is 4.98 Å². The zero-order valence-electron chi connectivity index (χ0n) is 15.0. The van der Waals surface area contributed by atoms with Crippen molar-refractivity contribution in [3.63, 3.8) is 0 Å². The van der Waals surface area contributed by atoms with Crippen molar-refractivity contribution < 1.29 is 9.26 Å². The van der Waals surface area contributed by atoms with Crippen LogP contribution in [-0.4, -0.2) is 54.5 Å². The molecule has 1 atom stereocenters. The summed E-state index contributed by atoms with van der Waals surface area (Å²) in [6.45, 7) is 5.33. The molecule has 1 aromatic carbocycles. The first-order valence-corrected chi connectivity index (χ1v) is 10.2. The van der Waals surface area contributed by atoms with Crippen LogP contribution in [0.1, 0.15) is 18.2 Å². The summed E-state index contributed by atoms with van der Waals surface area (Å²) in [5.41, 5.74) is 2.05. The second kappa shape index (κ2) is 7.28. The van der Waals surface area contributed by atoms with E-state index in [9.17, 15) is 0 Å². The van der Waals surface area contributed by atoms with Crippen molar-refractivity contribution in [1.82, 2.24) is 15.1 Å². The summed E-state index contributed by atoms with van der Waals surface area (Å²) >= 11 is 1.63. The minimum absolute atomic E-state index is 0.242. The van der Waals surface area contributed by atoms with Gasteiger partial charge in [0, 0.05) is 49.8 Å². The first-order chi connectivity index (χ1) is 13.4. The summed E-state index contributed by atoms with van der Waals surface area (Å²) < 4.78 is 10.8. The topological polar surface area (TPSA) is 67.5 Å². The second-order valence-corrected chi connectivity index (χ2v) is 7.68. The van der Waals surface area contributed by atoms with Crippen LogP contribution in [0.5, 0.6) is 0 Å². The van der Waals surface area contributed by atoms with Gasteiger partial charge in [-0.1, -0.05) is 23.4 Å². The van der Waals surface area contributed by atoms with Crippen LogP contribution in [-0.2, 0) is 4.74 Å². The van der Waals surface area contributed by atoms with E-state index in [1.165, 1.54) is 5.69 Å². The van der Waals surface area contributed by atoms with E-state index in [0.29, 0.717) is 12.5 Å². The van der Waals surface area contributed by atoms with Crippen molar-refractivity contribution >= 4 is 22.2 Å². The molecule has 5 rings (SSSR count). The number of hydrogen-bond donors (Lipinski definition) is 0. The summed E-state index contributed by atoms with van der Waals surface area (Å²) in [7, 11) is 0. The van der Waals surface area contributed by atoms with Gasteiger partial charge >= 0.3 is 0 Å². The Balaban J connectivity index is 1.25. The SMILES string of the molecule is c1ccc(N2CCN(c3nc(-c4nc([C@@H]5CCOC5)no4)cs3)CC2)cc1. The van der Waals surface area contributed by atoms with Gasteiger partial charge in [-0.05, 0) is 18.6 Å². The van der Waals surface area contributed by atoms with Crippen LogP contribution < -0.4 is 9.80 Å². The molecule has 3 aromatic rings. The highest BCUT2D eigenvalue weighted by atomic mass is 32.1. The van der Waals surface area contributed by atoms with Gasteiger partial charge in [0.2, 0.25) is 0 Å². The molecular formula is C19H21N5O2S. The van der Waals surface area contributed by atoms with Gasteiger partial charge in [-0.15, -0.1) is 11.3 Å². The van der Waals surface area contributed by atoms with Crippen LogP contribution in [0.3, 0.4) is 0 Å². The fourth-order valence-electron chi connectivity index (χ4n) is 3.55. The van der Waals surface area contributed by atoms with Gasteiger partial charge in [0.25, 0.3) is 5.89 Å². The Bertz CT molecular complexity index is 882. The molecule has 0 aliphatic carbocycles. The summed E-state index contributed by atoms with van der Waals surface area (Å²) in [5.74, 6) is 1.47. The van der Waals surface area contributed by atoms with Gasteiger partial charge in [-0.3, -0.25) is 0 Å². The fourth-order valence-corrected chi connectivity index (χ4v) is 4.40. The van der Waals surface area contributed by atoms with E-state index >= 15 is 0 Å². The standard InChI is InChI=1S/C19H21N5O2S/c1-2-4-15(5-3-1)23-7-9-24(10-8-23)19-20-16(13-27-19)18-21-17(22-26-18)14-6-11-25-12-14/h1-5,13-14H,6-12H2/t14-/m1/s1. The van der Waals surface area contributed by atoms with Crippen LogP contribution in [0.25, 0.3) is 11.6 Å². The first kappa shape index (κ1) is 16.7. The number of nitrogens with zero attached hydrogens (tertiary/aromatic N) is 5. The Morgan fingerprint density at radius 1 is 1.00 bits per heavy atom. The molecule has 0 N–H and O–H groups in total. The van der Waals surface area contributed by atoms with Crippen molar-refractivity contribution in [2.45, 2.75) is 12.3 Å². The molecule has 2 fully saturated rings. The Kier molecular flexibility index (Phi) is 4.51. The lowest BCUT2D eigenvalue weighted by Gasteiger charge is -2.35. The highest BCUT2D eigenvalue weighted by Gasteiger charge is 2.25. The second-order valence-electron chi connectivity index (χ2n) is 6.84. The monoisotopic (exact) mass is 383 g/mol. The number of para-hydroxylation sites is 1. The van der Waals surface area contributed by atoms with Crippen molar-refractivity contribution in [3.8, 4) is 11.6 Å².